The first-order valence-electron chi connectivity index (χ1n) is 9.59. The van der Waals surface area contributed by atoms with E-state index in [9.17, 15) is 24.0 Å². The number of carbonyl (C=O) groups is 5. The van der Waals surface area contributed by atoms with E-state index in [1.807, 2.05) is 0 Å². The van der Waals surface area contributed by atoms with Crippen molar-refractivity contribution in [1.82, 2.24) is 10.3 Å². The quantitative estimate of drug-likeness (QED) is 0.435. The van der Waals surface area contributed by atoms with Gasteiger partial charge in [0, 0.05) is 40.1 Å². The number of hydrogen-bond acceptors (Lipinski definition) is 11. The molecule has 0 unspecified atom stereocenters. The fourth-order valence-electron chi connectivity index (χ4n) is 3.05. The van der Waals surface area contributed by atoms with Gasteiger partial charge in [-0.2, -0.15) is 0 Å². The van der Waals surface area contributed by atoms with Crippen LogP contribution in [-0.4, -0.2) is 72.0 Å². The van der Waals surface area contributed by atoms with E-state index in [1.54, 1.807) is 0 Å². The molecule has 1 aliphatic heterocycles. The fraction of sp³-hybridized carbons (Fsp3) is 0.500. The van der Waals surface area contributed by atoms with Crippen LogP contribution in [0.1, 0.15) is 38.1 Å². The van der Waals surface area contributed by atoms with Crippen molar-refractivity contribution in [2.24, 2.45) is 0 Å². The number of rotatable bonds is 7. The Balaban J connectivity index is 2.44. The van der Waals surface area contributed by atoms with Crippen LogP contribution in [0.3, 0.4) is 0 Å². The summed E-state index contributed by atoms with van der Waals surface area (Å²) in [6.45, 7) is 4.11. The summed E-state index contributed by atoms with van der Waals surface area (Å²) < 4.78 is 26.5. The topological polar surface area (TPSA) is 156 Å². The van der Waals surface area contributed by atoms with Crippen LogP contribution in [0.4, 0.5) is 0 Å². The van der Waals surface area contributed by atoms with E-state index in [4.69, 9.17) is 23.7 Å². The number of amides is 1. The Hall–Kier alpha value is -3.54. The Morgan fingerprint density at radius 1 is 0.938 bits per heavy atom. The van der Waals surface area contributed by atoms with E-state index in [0.29, 0.717) is 0 Å². The Morgan fingerprint density at radius 2 is 1.56 bits per heavy atom. The van der Waals surface area contributed by atoms with E-state index >= 15 is 0 Å². The Bertz CT molecular complexity index is 859. The second-order valence-corrected chi connectivity index (χ2v) is 6.84. The zero-order valence-electron chi connectivity index (χ0n) is 17.9. The maximum absolute atomic E-state index is 12.7. The minimum absolute atomic E-state index is 0.168. The van der Waals surface area contributed by atoms with Gasteiger partial charge >= 0.3 is 23.9 Å². The summed E-state index contributed by atoms with van der Waals surface area (Å²) in [6, 6.07) is 1.75. The van der Waals surface area contributed by atoms with Crippen LogP contribution in [-0.2, 0) is 42.9 Å². The maximum atomic E-state index is 12.7. The molecule has 1 N–H and O–H groups in total. The highest BCUT2D eigenvalue weighted by molar-refractivity contribution is 5.94. The van der Waals surface area contributed by atoms with Gasteiger partial charge in [0.25, 0.3) is 5.91 Å². The normalized spacial score (nSPS) is 24.6. The molecule has 1 aromatic rings. The van der Waals surface area contributed by atoms with Crippen LogP contribution in [0.5, 0.6) is 0 Å². The third-order valence-electron chi connectivity index (χ3n) is 4.20. The van der Waals surface area contributed by atoms with Crippen LogP contribution >= 0.6 is 0 Å². The highest BCUT2D eigenvalue weighted by Gasteiger charge is 2.52. The number of ether oxygens (including phenoxy) is 5. The molecule has 0 bridgehead atoms. The average molecular weight is 452 g/mol. The predicted molar refractivity (Wildman–Crippen MR) is 104 cm³/mol. The Kier molecular flexibility index (Phi) is 8.64. The smallest absolute Gasteiger partial charge is 0.305 e. The van der Waals surface area contributed by atoms with Crippen molar-refractivity contribution in [1.29, 1.82) is 0 Å². The van der Waals surface area contributed by atoms with Crippen molar-refractivity contribution < 1.29 is 47.7 Å². The van der Waals surface area contributed by atoms with Crippen molar-refractivity contribution in [3.63, 3.8) is 0 Å². The maximum Gasteiger partial charge on any atom is 0.305 e. The van der Waals surface area contributed by atoms with E-state index < -0.39 is 67.0 Å². The first-order chi connectivity index (χ1) is 15.1. The molecule has 32 heavy (non-hydrogen) atoms. The molecule has 1 aliphatic rings. The molecule has 1 aromatic heterocycles. The third-order valence-corrected chi connectivity index (χ3v) is 4.20. The molecule has 2 rings (SSSR count). The molecule has 0 aliphatic carbocycles. The lowest BCUT2D eigenvalue weighted by Gasteiger charge is -2.44. The van der Waals surface area contributed by atoms with Gasteiger partial charge in [-0.05, 0) is 12.1 Å². The first kappa shape index (κ1) is 24.7. The summed E-state index contributed by atoms with van der Waals surface area (Å²) >= 11 is 0. The standard InChI is InChI=1S/C20H24N2O10/c1-10(23)28-9-15-17(29-11(2)24)18(30-12(3)25)16(20(32-15)31-13(4)26)22-19(27)14-6-5-7-21-8-14/h5-8,15-18,20H,9H2,1-4H3,(H,22,27)/t15-,16+,17+,18+,20-/m0/s1. The van der Waals surface area contributed by atoms with Gasteiger partial charge in [-0.1, -0.05) is 0 Å². The first-order valence-corrected chi connectivity index (χ1v) is 9.59. The molecular formula is C20H24N2O10. The zero-order chi connectivity index (χ0) is 23.8. The van der Waals surface area contributed by atoms with Crippen molar-refractivity contribution >= 4 is 29.8 Å². The summed E-state index contributed by atoms with van der Waals surface area (Å²) in [7, 11) is 0. The van der Waals surface area contributed by atoms with Gasteiger partial charge in [0.05, 0.1) is 5.56 Å². The van der Waals surface area contributed by atoms with Gasteiger partial charge in [-0.15, -0.1) is 0 Å². The SMILES string of the molecule is CC(=O)OC[C@@H]1O[C@H](OC(C)=O)[C@H](NC(=O)c2cccnc2)[C@@H](OC(C)=O)[C@@H]1OC(C)=O. The van der Waals surface area contributed by atoms with Gasteiger partial charge < -0.3 is 29.0 Å². The molecular weight excluding hydrogens is 428 g/mol. The number of nitrogens with one attached hydrogen (secondary N) is 1. The summed E-state index contributed by atoms with van der Waals surface area (Å²) in [5, 5.41) is 2.58. The number of esters is 4. The number of hydrogen-bond donors (Lipinski definition) is 1. The number of aromatic nitrogens is 1. The highest BCUT2D eigenvalue weighted by atomic mass is 16.7. The van der Waals surface area contributed by atoms with Crippen LogP contribution < -0.4 is 5.32 Å². The molecule has 1 amide bonds. The minimum atomic E-state index is -1.45. The van der Waals surface area contributed by atoms with Crippen molar-refractivity contribution in [2.45, 2.75) is 58.3 Å². The average Bonchev–Trinajstić information content (AvgIpc) is 2.70. The second kappa shape index (κ2) is 11.2. The van der Waals surface area contributed by atoms with E-state index in [-0.39, 0.29) is 5.56 Å². The molecule has 1 fully saturated rings. The molecule has 0 aromatic carbocycles. The molecule has 174 valence electrons. The van der Waals surface area contributed by atoms with Gasteiger partial charge in [0.15, 0.2) is 12.2 Å². The van der Waals surface area contributed by atoms with Crippen molar-refractivity contribution in [2.75, 3.05) is 6.61 Å². The van der Waals surface area contributed by atoms with Gasteiger partial charge in [-0.3, -0.25) is 29.0 Å². The lowest BCUT2D eigenvalue weighted by atomic mass is 9.95. The lowest BCUT2D eigenvalue weighted by Crippen LogP contribution is -2.67. The molecule has 12 nitrogen and oxygen atoms in total. The molecule has 1 saturated heterocycles. The Morgan fingerprint density at radius 3 is 2.09 bits per heavy atom. The molecule has 2 heterocycles. The van der Waals surface area contributed by atoms with Crippen LogP contribution in [0.15, 0.2) is 24.5 Å². The van der Waals surface area contributed by atoms with Gasteiger partial charge in [0.1, 0.15) is 18.8 Å². The number of nitrogens with zero attached hydrogens (tertiary/aromatic N) is 1. The predicted octanol–water partition coefficient (Wildman–Crippen LogP) is -0.105. The summed E-state index contributed by atoms with van der Waals surface area (Å²) in [4.78, 5) is 63.1. The van der Waals surface area contributed by atoms with Crippen molar-refractivity contribution in [3.8, 4) is 0 Å². The molecule has 0 spiro atoms. The monoisotopic (exact) mass is 452 g/mol. The van der Waals surface area contributed by atoms with E-state index in [1.165, 1.54) is 24.5 Å². The second-order valence-electron chi connectivity index (χ2n) is 6.84. The van der Waals surface area contributed by atoms with Crippen LogP contribution in [0, 0.1) is 0 Å². The fourth-order valence-corrected chi connectivity index (χ4v) is 3.05. The Labute approximate surface area is 183 Å². The van der Waals surface area contributed by atoms with E-state index in [2.05, 4.69) is 10.3 Å². The summed E-state index contributed by atoms with van der Waals surface area (Å²) in [6.07, 6.45) is -2.47. The number of carbonyl (C=O) groups excluding carboxylic acids is 5. The number of pyridine rings is 1. The van der Waals surface area contributed by atoms with Gasteiger partial charge in [0.2, 0.25) is 6.29 Å². The summed E-state index contributed by atoms with van der Waals surface area (Å²) in [5.41, 5.74) is 0.168. The largest absolute Gasteiger partial charge is 0.463 e. The third kappa shape index (κ3) is 7.01. The van der Waals surface area contributed by atoms with E-state index in [0.717, 1.165) is 27.7 Å². The molecule has 0 saturated carbocycles. The highest BCUT2D eigenvalue weighted by Crippen LogP contribution is 2.28. The molecule has 12 heteroatoms. The van der Waals surface area contributed by atoms with Crippen molar-refractivity contribution in [3.05, 3.63) is 30.1 Å². The van der Waals surface area contributed by atoms with Crippen LogP contribution in [0.2, 0.25) is 0 Å². The minimum Gasteiger partial charge on any atom is -0.463 e. The summed E-state index contributed by atoms with van der Waals surface area (Å²) in [5.74, 6) is -3.54. The van der Waals surface area contributed by atoms with Gasteiger partial charge in [-0.25, -0.2) is 0 Å². The lowest BCUT2D eigenvalue weighted by molar-refractivity contribution is -0.270. The van der Waals surface area contributed by atoms with Crippen LogP contribution in [0.25, 0.3) is 0 Å². The molecule has 0 radical (unpaired) electrons. The molecule has 5 atom stereocenters. The zero-order valence-corrected chi connectivity index (χ0v) is 17.9.